The standard InChI is InChI=1S/C25H26N6O2/c1-5-10-18-19(14-27-23(18)26-3)21-13-22(30(4)16-17-11-8-7-9-12-17)31-24(29-21)20(15-28-31)25(32)33-6-2/h5,7-15,27H,3,6,16H2,1-2,4H3/b10-5-. The molecule has 0 atom stereocenters. The molecule has 8 nitrogen and oxygen atoms in total. The van der Waals surface area contributed by atoms with Crippen LogP contribution in [0.4, 0.5) is 11.6 Å². The number of rotatable bonds is 8. The Bertz CT molecular complexity index is 1320. The van der Waals surface area contributed by atoms with Crippen molar-refractivity contribution < 1.29 is 9.53 Å². The predicted molar refractivity (Wildman–Crippen MR) is 131 cm³/mol. The fourth-order valence-electron chi connectivity index (χ4n) is 3.75. The monoisotopic (exact) mass is 442 g/mol. The molecule has 4 rings (SSSR count). The van der Waals surface area contributed by atoms with E-state index in [0.717, 1.165) is 22.5 Å². The third-order valence-corrected chi connectivity index (χ3v) is 5.27. The molecule has 8 heteroatoms. The molecule has 0 spiro atoms. The van der Waals surface area contributed by atoms with Gasteiger partial charge >= 0.3 is 5.97 Å². The van der Waals surface area contributed by atoms with E-state index in [1.54, 1.807) is 11.4 Å². The van der Waals surface area contributed by atoms with Crippen LogP contribution in [0.3, 0.4) is 0 Å². The minimum atomic E-state index is -0.454. The molecule has 3 heterocycles. The summed E-state index contributed by atoms with van der Waals surface area (Å²) in [6, 6.07) is 12.1. The first-order chi connectivity index (χ1) is 16.1. The van der Waals surface area contributed by atoms with Crippen LogP contribution in [-0.2, 0) is 11.3 Å². The van der Waals surface area contributed by atoms with Crippen LogP contribution in [0.1, 0.15) is 35.3 Å². The molecule has 0 amide bonds. The summed E-state index contributed by atoms with van der Waals surface area (Å²) in [5.41, 5.74) is 4.31. The Morgan fingerprint density at radius 2 is 2.12 bits per heavy atom. The topological polar surface area (TPSA) is 87.9 Å². The van der Waals surface area contributed by atoms with Gasteiger partial charge in [0, 0.05) is 37.0 Å². The van der Waals surface area contributed by atoms with Gasteiger partial charge in [0.2, 0.25) is 0 Å². The molecule has 0 unspecified atom stereocenters. The minimum absolute atomic E-state index is 0.272. The Morgan fingerprint density at radius 3 is 2.82 bits per heavy atom. The number of hydrogen-bond acceptors (Lipinski definition) is 6. The van der Waals surface area contributed by atoms with Gasteiger partial charge in [0.15, 0.2) is 5.65 Å². The lowest BCUT2D eigenvalue weighted by Crippen LogP contribution is -2.20. The fourth-order valence-corrected chi connectivity index (χ4v) is 3.75. The Kier molecular flexibility index (Phi) is 6.35. The van der Waals surface area contributed by atoms with E-state index in [9.17, 15) is 4.79 Å². The third kappa shape index (κ3) is 4.27. The number of nitrogens with one attached hydrogen (secondary N) is 1. The van der Waals surface area contributed by atoms with Crippen LogP contribution in [0.15, 0.2) is 59.9 Å². The summed E-state index contributed by atoms with van der Waals surface area (Å²) in [5, 5.41) is 4.46. The smallest absolute Gasteiger partial charge is 0.343 e. The molecule has 3 aromatic heterocycles. The highest BCUT2D eigenvalue weighted by Gasteiger charge is 2.22. The molecule has 0 fully saturated rings. The maximum atomic E-state index is 12.6. The number of hydrogen-bond donors (Lipinski definition) is 1. The van der Waals surface area contributed by atoms with Crippen molar-refractivity contribution in [1.29, 1.82) is 0 Å². The summed E-state index contributed by atoms with van der Waals surface area (Å²) in [6.07, 6.45) is 7.24. The zero-order chi connectivity index (χ0) is 23.4. The molecule has 33 heavy (non-hydrogen) atoms. The summed E-state index contributed by atoms with van der Waals surface area (Å²) in [5.74, 6) is 0.989. The molecule has 1 N–H and O–H groups in total. The number of ether oxygens (including phenoxy) is 1. The first-order valence-electron chi connectivity index (χ1n) is 10.7. The van der Waals surface area contributed by atoms with E-state index in [1.807, 2.05) is 56.6 Å². The molecule has 168 valence electrons. The van der Waals surface area contributed by atoms with Gasteiger partial charge in [-0.15, -0.1) is 0 Å². The summed E-state index contributed by atoms with van der Waals surface area (Å²) in [6.45, 7) is 8.29. The number of benzene rings is 1. The molecular weight excluding hydrogens is 416 g/mol. The molecule has 0 saturated heterocycles. The number of allylic oxidation sites excluding steroid dienone is 1. The lowest BCUT2D eigenvalue weighted by atomic mass is 10.1. The lowest BCUT2D eigenvalue weighted by Gasteiger charge is -2.21. The van der Waals surface area contributed by atoms with Crippen molar-refractivity contribution in [3.8, 4) is 11.3 Å². The van der Waals surface area contributed by atoms with Gasteiger partial charge in [-0.05, 0) is 26.1 Å². The summed E-state index contributed by atoms with van der Waals surface area (Å²) in [7, 11) is 1.98. The summed E-state index contributed by atoms with van der Waals surface area (Å²) >= 11 is 0. The number of carbonyl (C=O) groups is 1. The summed E-state index contributed by atoms with van der Waals surface area (Å²) < 4.78 is 6.91. The molecule has 0 aliphatic rings. The summed E-state index contributed by atoms with van der Waals surface area (Å²) in [4.78, 5) is 26.7. The van der Waals surface area contributed by atoms with E-state index >= 15 is 0 Å². The molecule has 0 saturated carbocycles. The minimum Gasteiger partial charge on any atom is -0.462 e. The highest BCUT2D eigenvalue weighted by molar-refractivity contribution is 5.96. The van der Waals surface area contributed by atoms with Gasteiger partial charge in [0.25, 0.3) is 0 Å². The number of aromatic nitrogens is 4. The Hall–Kier alpha value is -4.20. The number of aromatic amines is 1. The second kappa shape index (κ2) is 9.52. The zero-order valence-corrected chi connectivity index (χ0v) is 18.9. The van der Waals surface area contributed by atoms with Crippen molar-refractivity contribution in [2.24, 2.45) is 4.99 Å². The van der Waals surface area contributed by atoms with Crippen LogP contribution in [-0.4, -0.2) is 45.9 Å². The largest absolute Gasteiger partial charge is 0.462 e. The number of nitrogens with zero attached hydrogens (tertiary/aromatic N) is 5. The average Bonchev–Trinajstić information content (AvgIpc) is 3.43. The number of fused-ring (bicyclic) bond motifs is 1. The molecule has 1 aromatic carbocycles. The van der Waals surface area contributed by atoms with Gasteiger partial charge in [-0.2, -0.15) is 9.61 Å². The van der Waals surface area contributed by atoms with Crippen LogP contribution in [0.5, 0.6) is 0 Å². The number of H-pyrrole nitrogens is 1. The van der Waals surface area contributed by atoms with Crippen molar-refractivity contribution in [2.45, 2.75) is 20.4 Å². The van der Waals surface area contributed by atoms with Gasteiger partial charge in [-0.25, -0.2) is 14.8 Å². The maximum absolute atomic E-state index is 12.6. The molecule has 0 aliphatic heterocycles. The molecule has 0 aliphatic carbocycles. The Labute approximate surface area is 192 Å². The van der Waals surface area contributed by atoms with Gasteiger partial charge in [0.05, 0.1) is 18.5 Å². The highest BCUT2D eigenvalue weighted by Crippen LogP contribution is 2.33. The van der Waals surface area contributed by atoms with Crippen molar-refractivity contribution in [2.75, 3.05) is 18.6 Å². The lowest BCUT2D eigenvalue weighted by molar-refractivity contribution is 0.0528. The molecule has 0 bridgehead atoms. The Balaban J connectivity index is 1.91. The average molecular weight is 443 g/mol. The van der Waals surface area contributed by atoms with E-state index in [0.29, 0.717) is 29.3 Å². The SMILES string of the molecule is C=Nc1[nH]cc(-c2cc(N(C)Cc3ccccc3)n3ncc(C(=O)OCC)c3n2)c1/C=C\C. The zero-order valence-electron chi connectivity index (χ0n) is 18.9. The molecule has 4 aromatic rings. The second-order valence-electron chi connectivity index (χ2n) is 7.48. The molecular formula is C25H26N6O2. The number of anilines is 1. The number of aliphatic imine (C=N–C) groups is 1. The van der Waals surface area contributed by atoms with Crippen molar-refractivity contribution >= 4 is 36.0 Å². The number of carbonyl (C=O) groups excluding carboxylic acids is 1. The highest BCUT2D eigenvalue weighted by atomic mass is 16.5. The quantitative estimate of drug-likeness (QED) is 0.310. The van der Waals surface area contributed by atoms with Gasteiger partial charge in [0.1, 0.15) is 17.2 Å². The first kappa shape index (κ1) is 22.0. The van der Waals surface area contributed by atoms with Crippen molar-refractivity contribution in [1.82, 2.24) is 19.6 Å². The van der Waals surface area contributed by atoms with E-state index in [2.05, 4.69) is 38.8 Å². The van der Waals surface area contributed by atoms with Crippen molar-refractivity contribution in [3.63, 3.8) is 0 Å². The van der Waals surface area contributed by atoms with E-state index in [4.69, 9.17) is 9.72 Å². The van der Waals surface area contributed by atoms with Crippen LogP contribution in [0.2, 0.25) is 0 Å². The number of esters is 1. The van der Waals surface area contributed by atoms with Crippen molar-refractivity contribution in [3.05, 3.63) is 71.6 Å². The Morgan fingerprint density at radius 1 is 1.33 bits per heavy atom. The third-order valence-electron chi connectivity index (χ3n) is 5.27. The normalized spacial score (nSPS) is 11.2. The van der Waals surface area contributed by atoms with E-state index < -0.39 is 5.97 Å². The van der Waals surface area contributed by atoms with Gasteiger partial charge < -0.3 is 14.6 Å². The maximum Gasteiger partial charge on any atom is 0.343 e. The predicted octanol–water partition coefficient (Wildman–Crippen LogP) is 4.90. The second-order valence-corrected chi connectivity index (χ2v) is 7.48. The van der Waals surface area contributed by atoms with E-state index in [-0.39, 0.29) is 6.61 Å². The van der Waals surface area contributed by atoms with E-state index in [1.165, 1.54) is 6.20 Å². The first-order valence-corrected chi connectivity index (χ1v) is 10.7. The van der Waals surface area contributed by atoms with Crippen LogP contribution < -0.4 is 4.90 Å². The van der Waals surface area contributed by atoms with Crippen LogP contribution in [0.25, 0.3) is 23.0 Å². The van der Waals surface area contributed by atoms with Gasteiger partial charge in [-0.3, -0.25) is 0 Å². The van der Waals surface area contributed by atoms with Gasteiger partial charge in [-0.1, -0.05) is 42.5 Å². The molecule has 0 radical (unpaired) electrons. The van der Waals surface area contributed by atoms with Crippen LogP contribution >= 0.6 is 0 Å². The van der Waals surface area contributed by atoms with Crippen LogP contribution in [0, 0.1) is 0 Å². The fraction of sp³-hybridized carbons (Fsp3) is 0.200.